The second kappa shape index (κ2) is 8.95. The zero-order valence-electron chi connectivity index (χ0n) is 14.1. The van der Waals surface area contributed by atoms with Gasteiger partial charge in [-0.2, -0.15) is 5.26 Å². The van der Waals surface area contributed by atoms with Crippen molar-refractivity contribution in [3.8, 4) is 17.6 Å². The summed E-state index contributed by atoms with van der Waals surface area (Å²) in [4.78, 5) is 12.3. The van der Waals surface area contributed by atoms with Crippen LogP contribution in [0.4, 0.5) is 0 Å². The van der Waals surface area contributed by atoms with E-state index in [0.29, 0.717) is 35.2 Å². The summed E-state index contributed by atoms with van der Waals surface area (Å²) >= 11 is 6.08. The van der Waals surface area contributed by atoms with Crippen LogP contribution in [-0.2, 0) is 11.3 Å². The molecule has 2 rings (SSSR count). The van der Waals surface area contributed by atoms with Crippen molar-refractivity contribution in [3.63, 3.8) is 0 Å². The topological polar surface area (TPSA) is 71.3 Å². The number of hydrogen-bond donors (Lipinski definition) is 1. The smallest absolute Gasteiger partial charge is 0.261 e. The van der Waals surface area contributed by atoms with Crippen LogP contribution in [0.1, 0.15) is 25.0 Å². The van der Waals surface area contributed by atoms with E-state index in [4.69, 9.17) is 26.3 Å². The molecule has 0 aliphatic rings. The van der Waals surface area contributed by atoms with E-state index in [1.807, 2.05) is 31.2 Å². The molecular formula is C19H19ClN2O3. The molecule has 0 aliphatic heterocycles. The van der Waals surface area contributed by atoms with Gasteiger partial charge in [-0.05, 0) is 37.6 Å². The van der Waals surface area contributed by atoms with E-state index in [1.165, 1.54) is 0 Å². The van der Waals surface area contributed by atoms with Gasteiger partial charge in [0.2, 0.25) is 0 Å². The van der Waals surface area contributed by atoms with Gasteiger partial charge in [-0.25, -0.2) is 0 Å². The van der Waals surface area contributed by atoms with Gasteiger partial charge in [0.1, 0.15) is 0 Å². The Labute approximate surface area is 152 Å². The van der Waals surface area contributed by atoms with Gasteiger partial charge >= 0.3 is 0 Å². The third-order valence-electron chi connectivity index (χ3n) is 3.46. The summed E-state index contributed by atoms with van der Waals surface area (Å²) in [6.45, 7) is 4.23. The van der Waals surface area contributed by atoms with Gasteiger partial charge in [0.05, 0.1) is 18.2 Å². The van der Waals surface area contributed by atoms with E-state index >= 15 is 0 Å². The van der Waals surface area contributed by atoms with Crippen molar-refractivity contribution in [1.29, 1.82) is 5.26 Å². The lowest BCUT2D eigenvalue weighted by Crippen LogP contribution is -2.36. The van der Waals surface area contributed by atoms with Crippen LogP contribution in [0.25, 0.3) is 0 Å². The molecule has 0 unspecified atom stereocenters. The molecule has 25 heavy (non-hydrogen) atoms. The van der Waals surface area contributed by atoms with Crippen LogP contribution in [0.5, 0.6) is 11.5 Å². The zero-order valence-corrected chi connectivity index (χ0v) is 14.8. The summed E-state index contributed by atoms with van der Waals surface area (Å²) in [5, 5.41) is 12.4. The van der Waals surface area contributed by atoms with Crippen LogP contribution in [-0.4, -0.2) is 18.6 Å². The number of halogens is 1. The van der Waals surface area contributed by atoms with Gasteiger partial charge in [-0.1, -0.05) is 29.8 Å². The predicted octanol–water partition coefficient (Wildman–Crippen LogP) is 3.69. The molecule has 5 nitrogen and oxygen atoms in total. The monoisotopic (exact) mass is 358 g/mol. The second-order valence-electron chi connectivity index (χ2n) is 5.28. The van der Waals surface area contributed by atoms with Crippen molar-refractivity contribution < 1.29 is 14.3 Å². The van der Waals surface area contributed by atoms with E-state index in [2.05, 4.69) is 5.32 Å². The third kappa shape index (κ3) is 5.13. The Kier molecular flexibility index (Phi) is 6.67. The zero-order chi connectivity index (χ0) is 18.2. The summed E-state index contributed by atoms with van der Waals surface area (Å²) in [6, 6.07) is 14.2. The molecule has 0 aliphatic carbocycles. The molecule has 1 N–H and O–H groups in total. The molecule has 130 valence electrons. The standard InChI is InChI=1S/C19H19ClN2O3/c1-3-24-18-10-14(11-21)8-9-17(18)25-13(2)19(23)22-12-15-6-4-5-7-16(15)20/h4-10,13H,3,12H2,1-2H3,(H,22,23)/t13-/m1/s1. The molecule has 2 aromatic rings. The highest BCUT2D eigenvalue weighted by Crippen LogP contribution is 2.29. The summed E-state index contributed by atoms with van der Waals surface area (Å²) < 4.78 is 11.2. The highest BCUT2D eigenvalue weighted by molar-refractivity contribution is 6.31. The fraction of sp³-hybridized carbons (Fsp3) is 0.263. The lowest BCUT2D eigenvalue weighted by atomic mass is 10.2. The predicted molar refractivity (Wildman–Crippen MR) is 95.7 cm³/mol. The minimum Gasteiger partial charge on any atom is -0.490 e. The maximum Gasteiger partial charge on any atom is 0.261 e. The number of nitrogens with zero attached hydrogens (tertiary/aromatic N) is 1. The maximum absolute atomic E-state index is 12.3. The van der Waals surface area contributed by atoms with E-state index in [-0.39, 0.29) is 5.91 Å². The summed E-state index contributed by atoms with van der Waals surface area (Å²) in [7, 11) is 0. The Hall–Kier alpha value is -2.71. The molecule has 0 fully saturated rings. The van der Waals surface area contributed by atoms with Crippen molar-refractivity contribution in [3.05, 3.63) is 58.6 Å². The molecule has 0 spiro atoms. The fourth-order valence-corrected chi connectivity index (χ4v) is 2.36. The Balaban J connectivity index is 2.01. The van der Waals surface area contributed by atoms with Crippen molar-refractivity contribution in [2.24, 2.45) is 0 Å². The summed E-state index contributed by atoms with van der Waals surface area (Å²) in [5.74, 6) is 0.584. The van der Waals surface area contributed by atoms with E-state index in [0.717, 1.165) is 5.56 Å². The van der Waals surface area contributed by atoms with Gasteiger partial charge in [-0.15, -0.1) is 0 Å². The number of ether oxygens (including phenoxy) is 2. The van der Waals surface area contributed by atoms with Crippen molar-refractivity contribution in [1.82, 2.24) is 5.32 Å². The average molecular weight is 359 g/mol. The first-order valence-electron chi connectivity index (χ1n) is 7.89. The molecule has 1 amide bonds. The SMILES string of the molecule is CCOc1cc(C#N)ccc1O[C@H](C)C(=O)NCc1ccccc1Cl. The van der Waals surface area contributed by atoms with Crippen LogP contribution in [0.15, 0.2) is 42.5 Å². The average Bonchev–Trinajstić information content (AvgIpc) is 2.62. The van der Waals surface area contributed by atoms with Gasteiger partial charge in [0.25, 0.3) is 5.91 Å². The summed E-state index contributed by atoms with van der Waals surface area (Å²) in [6.07, 6.45) is -0.727. The fourth-order valence-electron chi connectivity index (χ4n) is 2.16. The first kappa shape index (κ1) is 18.6. The first-order valence-corrected chi connectivity index (χ1v) is 8.27. The number of carbonyl (C=O) groups is 1. The van der Waals surface area contributed by atoms with Gasteiger partial charge in [-0.3, -0.25) is 4.79 Å². The van der Waals surface area contributed by atoms with Gasteiger partial charge < -0.3 is 14.8 Å². The molecule has 2 aromatic carbocycles. The van der Waals surface area contributed by atoms with E-state index in [9.17, 15) is 4.79 Å². The maximum atomic E-state index is 12.3. The highest BCUT2D eigenvalue weighted by Gasteiger charge is 2.17. The molecule has 0 heterocycles. The molecule has 1 atom stereocenters. The minimum absolute atomic E-state index is 0.272. The van der Waals surface area contributed by atoms with Crippen LogP contribution in [0, 0.1) is 11.3 Å². The molecular weight excluding hydrogens is 340 g/mol. The van der Waals surface area contributed by atoms with E-state index in [1.54, 1.807) is 31.2 Å². The molecule has 0 radical (unpaired) electrons. The minimum atomic E-state index is -0.727. The summed E-state index contributed by atoms with van der Waals surface area (Å²) in [5.41, 5.74) is 1.30. The van der Waals surface area contributed by atoms with Crippen LogP contribution in [0.3, 0.4) is 0 Å². The van der Waals surface area contributed by atoms with Gasteiger partial charge in [0.15, 0.2) is 17.6 Å². The molecule has 0 bridgehead atoms. The third-order valence-corrected chi connectivity index (χ3v) is 3.83. The quantitative estimate of drug-likeness (QED) is 0.819. The second-order valence-corrected chi connectivity index (χ2v) is 5.68. The van der Waals surface area contributed by atoms with Crippen LogP contribution in [0.2, 0.25) is 5.02 Å². The Morgan fingerprint density at radius 3 is 2.72 bits per heavy atom. The molecule has 6 heteroatoms. The van der Waals surface area contributed by atoms with Crippen LogP contribution >= 0.6 is 11.6 Å². The number of nitriles is 1. The first-order chi connectivity index (χ1) is 12.0. The Bertz CT molecular complexity index is 786. The van der Waals surface area contributed by atoms with Crippen molar-refractivity contribution >= 4 is 17.5 Å². The van der Waals surface area contributed by atoms with Crippen molar-refractivity contribution in [2.75, 3.05) is 6.61 Å². The van der Waals surface area contributed by atoms with Crippen molar-refractivity contribution in [2.45, 2.75) is 26.5 Å². The lowest BCUT2D eigenvalue weighted by Gasteiger charge is -2.17. The number of hydrogen-bond acceptors (Lipinski definition) is 4. The molecule has 0 aromatic heterocycles. The number of nitrogens with one attached hydrogen (secondary N) is 1. The number of benzene rings is 2. The Morgan fingerprint density at radius 1 is 1.28 bits per heavy atom. The molecule has 0 saturated carbocycles. The highest BCUT2D eigenvalue weighted by atomic mass is 35.5. The largest absolute Gasteiger partial charge is 0.490 e. The number of amides is 1. The molecule has 0 saturated heterocycles. The number of rotatable bonds is 7. The van der Waals surface area contributed by atoms with E-state index < -0.39 is 6.10 Å². The Morgan fingerprint density at radius 2 is 2.04 bits per heavy atom. The lowest BCUT2D eigenvalue weighted by molar-refractivity contribution is -0.127. The normalized spacial score (nSPS) is 11.3. The van der Waals surface area contributed by atoms with Gasteiger partial charge in [0, 0.05) is 17.6 Å². The van der Waals surface area contributed by atoms with Crippen LogP contribution < -0.4 is 14.8 Å². The number of carbonyl (C=O) groups excluding carboxylic acids is 1.